The molecule has 1 amide bonds. The first kappa shape index (κ1) is 17.8. The SMILES string of the molecule is CCCc1nc2c[n+]([O-])c3cc(OC4CCN(C(=O)O)CC4)ccc3c2s1. The summed E-state index contributed by atoms with van der Waals surface area (Å²) in [6.07, 6.45) is 3.84. The number of carbonyl (C=O) groups is 1. The minimum Gasteiger partial charge on any atom is -0.618 e. The molecule has 1 aromatic carbocycles. The molecular weight excluding hydrogens is 366 g/mol. The summed E-state index contributed by atoms with van der Waals surface area (Å²) in [5.74, 6) is 0.638. The highest BCUT2D eigenvalue weighted by Gasteiger charge is 2.24. The van der Waals surface area contributed by atoms with E-state index in [4.69, 9.17) is 9.84 Å². The van der Waals surface area contributed by atoms with Crippen LogP contribution in [0.15, 0.2) is 24.4 Å². The normalized spacial score (nSPS) is 15.5. The van der Waals surface area contributed by atoms with E-state index in [1.54, 1.807) is 17.4 Å². The molecule has 1 saturated heterocycles. The van der Waals surface area contributed by atoms with Crippen LogP contribution in [-0.4, -0.2) is 40.3 Å². The Hall–Kier alpha value is -2.61. The van der Waals surface area contributed by atoms with Crippen LogP contribution in [-0.2, 0) is 6.42 Å². The summed E-state index contributed by atoms with van der Waals surface area (Å²) < 4.78 is 7.90. The first-order valence-corrected chi connectivity index (χ1v) is 9.96. The first-order valence-electron chi connectivity index (χ1n) is 9.15. The summed E-state index contributed by atoms with van der Waals surface area (Å²) in [5, 5.41) is 23.4. The van der Waals surface area contributed by atoms with Gasteiger partial charge in [0.2, 0.25) is 11.7 Å². The van der Waals surface area contributed by atoms with E-state index in [2.05, 4.69) is 11.9 Å². The minimum absolute atomic E-state index is 0.0403. The highest BCUT2D eigenvalue weighted by atomic mass is 32.1. The lowest BCUT2D eigenvalue weighted by Crippen LogP contribution is -2.41. The van der Waals surface area contributed by atoms with E-state index in [0.717, 1.165) is 38.2 Å². The Balaban J connectivity index is 1.59. The van der Waals surface area contributed by atoms with Gasteiger partial charge in [-0.25, -0.2) is 9.78 Å². The molecule has 0 radical (unpaired) electrons. The lowest BCUT2D eigenvalue weighted by atomic mass is 10.1. The molecule has 1 fully saturated rings. The molecule has 4 rings (SSSR count). The van der Waals surface area contributed by atoms with Gasteiger partial charge in [0, 0.05) is 25.9 Å². The number of thiazole rings is 1. The van der Waals surface area contributed by atoms with Crippen LogP contribution < -0.4 is 9.47 Å². The summed E-state index contributed by atoms with van der Waals surface area (Å²) in [7, 11) is 0. The quantitative estimate of drug-likeness (QED) is 0.546. The zero-order chi connectivity index (χ0) is 19.0. The van der Waals surface area contributed by atoms with Crippen LogP contribution in [0, 0.1) is 5.21 Å². The molecule has 2 aromatic heterocycles. The van der Waals surface area contributed by atoms with Crippen LogP contribution in [0.1, 0.15) is 31.2 Å². The largest absolute Gasteiger partial charge is 0.618 e. The number of aromatic nitrogens is 2. The second-order valence-corrected chi connectivity index (χ2v) is 7.88. The van der Waals surface area contributed by atoms with E-state index in [1.165, 1.54) is 11.1 Å². The number of fused-ring (bicyclic) bond motifs is 3. The van der Waals surface area contributed by atoms with Gasteiger partial charge in [-0.3, -0.25) is 0 Å². The Kier molecular flexibility index (Phi) is 4.73. The van der Waals surface area contributed by atoms with Crippen LogP contribution in [0.4, 0.5) is 4.79 Å². The molecule has 0 saturated carbocycles. The molecule has 1 aliphatic rings. The fourth-order valence-electron chi connectivity index (χ4n) is 3.48. The summed E-state index contributed by atoms with van der Waals surface area (Å²) in [5.41, 5.74) is 1.30. The fraction of sp³-hybridized carbons (Fsp3) is 0.421. The molecule has 7 nitrogen and oxygen atoms in total. The molecule has 1 aliphatic heterocycles. The van der Waals surface area contributed by atoms with Gasteiger partial charge in [0.25, 0.3) is 0 Å². The maximum Gasteiger partial charge on any atom is 0.407 e. The van der Waals surface area contributed by atoms with Gasteiger partial charge in [0.05, 0.1) is 21.2 Å². The van der Waals surface area contributed by atoms with Crippen LogP contribution in [0.2, 0.25) is 0 Å². The average Bonchev–Trinajstić information content (AvgIpc) is 3.05. The molecule has 27 heavy (non-hydrogen) atoms. The van der Waals surface area contributed by atoms with Crippen molar-refractivity contribution in [3.63, 3.8) is 0 Å². The van der Waals surface area contributed by atoms with Crippen molar-refractivity contribution in [1.29, 1.82) is 0 Å². The van der Waals surface area contributed by atoms with Gasteiger partial charge in [-0.15, -0.1) is 11.3 Å². The number of pyridine rings is 1. The topological polar surface area (TPSA) is 89.6 Å². The number of rotatable bonds is 4. The van der Waals surface area contributed by atoms with Crippen LogP contribution in [0.25, 0.3) is 21.1 Å². The van der Waals surface area contributed by atoms with Gasteiger partial charge in [-0.1, -0.05) is 6.92 Å². The summed E-state index contributed by atoms with van der Waals surface area (Å²) in [4.78, 5) is 17.0. The minimum atomic E-state index is -0.887. The van der Waals surface area contributed by atoms with Crippen molar-refractivity contribution in [3.8, 4) is 5.75 Å². The number of piperidine rings is 1. The molecule has 3 heterocycles. The number of benzene rings is 1. The zero-order valence-electron chi connectivity index (χ0n) is 15.1. The highest BCUT2D eigenvalue weighted by Crippen LogP contribution is 2.31. The second-order valence-electron chi connectivity index (χ2n) is 6.79. The predicted molar refractivity (Wildman–Crippen MR) is 103 cm³/mol. The molecule has 0 bridgehead atoms. The van der Waals surface area contributed by atoms with Crippen molar-refractivity contribution in [1.82, 2.24) is 9.88 Å². The Bertz CT molecular complexity index is 995. The zero-order valence-corrected chi connectivity index (χ0v) is 15.9. The van der Waals surface area contributed by atoms with Crippen LogP contribution in [0.3, 0.4) is 0 Å². The van der Waals surface area contributed by atoms with E-state index < -0.39 is 6.09 Å². The van der Waals surface area contributed by atoms with Gasteiger partial charge in [-0.05, 0) is 25.0 Å². The third-order valence-corrected chi connectivity index (χ3v) is 6.03. The smallest absolute Gasteiger partial charge is 0.407 e. The number of likely N-dealkylation sites (tertiary alicyclic amines) is 1. The second kappa shape index (κ2) is 7.19. The number of ether oxygens (including phenoxy) is 1. The lowest BCUT2D eigenvalue weighted by Gasteiger charge is -2.30. The number of aryl methyl sites for hydroxylation is 1. The molecule has 142 valence electrons. The van der Waals surface area contributed by atoms with Crippen molar-refractivity contribution in [2.75, 3.05) is 13.1 Å². The van der Waals surface area contributed by atoms with E-state index in [9.17, 15) is 10.0 Å². The Morgan fingerprint density at radius 3 is 2.93 bits per heavy atom. The van der Waals surface area contributed by atoms with Gasteiger partial charge in [-0.2, -0.15) is 4.73 Å². The van der Waals surface area contributed by atoms with Crippen LogP contribution in [0.5, 0.6) is 5.75 Å². The predicted octanol–water partition coefficient (Wildman–Crippen LogP) is 3.56. The molecule has 3 aromatic rings. The Labute approximate surface area is 160 Å². The number of carboxylic acid groups (broad SMARTS) is 1. The average molecular weight is 387 g/mol. The standard InChI is InChI=1S/C19H21N3O4S/c1-2-3-17-20-15-11-22(25)16-10-13(4-5-14(16)18(15)27-17)26-12-6-8-21(9-7-12)19(23)24/h4-5,10-12H,2-3,6-9H2,1H3,(H,23,24). The third kappa shape index (κ3) is 3.49. The summed E-state index contributed by atoms with van der Waals surface area (Å²) >= 11 is 1.64. The molecule has 0 atom stereocenters. The van der Waals surface area contributed by atoms with Crippen LogP contribution >= 0.6 is 11.3 Å². The number of amides is 1. The maximum atomic E-state index is 12.5. The van der Waals surface area contributed by atoms with E-state index in [-0.39, 0.29) is 6.10 Å². The van der Waals surface area contributed by atoms with Gasteiger partial charge >= 0.3 is 6.09 Å². The van der Waals surface area contributed by atoms with Crippen molar-refractivity contribution in [2.45, 2.75) is 38.7 Å². The van der Waals surface area contributed by atoms with Gasteiger partial charge in [0.15, 0.2) is 0 Å². The fourth-order valence-corrected chi connectivity index (χ4v) is 4.65. The number of nitrogens with zero attached hydrogens (tertiary/aromatic N) is 3. The number of hydrogen-bond donors (Lipinski definition) is 1. The van der Waals surface area contributed by atoms with Gasteiger partial charge < -0.3 is 20.0 Å². The molecule has 8 heteroatoms. The molecule has 0 aliphatic carbocycles. The third-order valence-electron chi connectivity index (χ3n) is 4.87. The Morgan fingerprint density at radius 1 is 1.44 bits per heavy atom. The van der Waals surface area contributed by atoms with Crippen molar-refractivity contribution < 1.29 is 19.4 Å². The summed E-state index contributed by atoms with van der Waals surface area (Å²) in [6.45, 7) is 3.05. The molecule has 0 spiro atoms. The molecule has 1 N–H and O–H groups in total. The molecule has 0 unspecified atom stereocenters. The molecular formula is C19H21N3O4S. The van der Waals surface area contributed by atoms with Crippen molar-refractivity contribution in [2.24, 2.45) is 0 Å². The van der Waals surface area contributed by atoms with Crippen molar-refractivity contribution >= 4 is 38.5 Å². The van der Waals surface area contributed by atoms with E-state index in [1.807, 2.05) is 12.1 Å². The first-order chi connectivity index (χ1) is 13.0. The van der Waals surface area contributed by atoms with E-state index >= 15 is 0 Å². The van der Waals surface area contributed by atoms with Crippen molar-refractivity contribution in [3.05, 3.63) is 34.6 Å². The summed E-state index contributed by atoms with van der Waals surface area (Å²) in [6, 6.07) is 5.57. The highest BCUT2D eigenvalue weighted by molar-refractivity contribution is 7.19. The Morgan fingerprint density at radius 2 is 2.22 bits per heavy atom. The van der Waals surface area contributed by atoms with Gasteiger partial charge in [0.1, 0.15) is 17.4 Å². The lowest BCUT2D eigenvalue weighted by molar-refractivity contribution is -0.575. The van der Waals surface area contributed by atoms with E-state index in [0.29, 0.717) is 37.2 Å². The monoisotopic (exact) mass is 387 g/mol. The number of hydrogen-bond acceptors (Lipinski definition) is 5. The maximum absolute atomic E-state index is 12.5.